The molecule has 17 heavy (non-hydrogen) atoms. The zero-order valence-corrected chi connectivity index (χ0v) is 11.6. The molecule has 92 valence electrons. The minimum absolute atomic E-state index is 0.321. The molecule has 0 aliphatic heterocycles. The minimum Gasteiger partial charge on any atom is -0.309 e. The van der Waals surface area contributed by atoms with Crippen molar-refractivity contribution in [2.75, 3.05) is 6.54 Å². The van der Waals surface area contributed by atoms with Gasteiger partial charge >= 0.3 is 0 Å². The Bertz CT molecular complexity index is 478. The average molecular weight is 270 g/mol. The van der Waals surface area contributed by atoms with Crippen molar-refractivity contribution in [1.82, 2.24) is 15.1 Å². The van der Waals surface area contributed by atoms with Crippen LogP contribution in [0.2, 0.25) is 4.34 Å². The van der Waals surface area contributed by atoms with Crippen molar-refractivity contribution in [3.05, 3.63) is 39.3 Å². The van der Waals surface area contributed by atoms with Gasteiger partial charge in [0.2, 0.25) is 0 Å². The lowest BCUT2D eigenvalue weighted by Crippen LogP contribution is -2.21. The second-order valence-electron chi connectivity index (χ2n) is 3.98. The van der Waals surface area contributed by atoms with Crippen molar-refractivity contribution < 1.29 is 0 Å². The maximum absolute atomic E-state index is 5.99. The van der Waals surface area contributed by atoms with Gasteiger partial charge in [-0.15, -0.1) is 11.3 Å². The van der Waals surface area contributed by atoms with Gasteiger partial charge in [-0.1, -0.05) is 18.5 Å². The smallest absolute Gasteiger partial charge is 0.0931 e. The second-order valence-corrected chi connectivity index (χ2v) is 5.73. The summed E-state index contributed by atoms with van der Waals surface area (Å²) in [4.78, 5) is 1.28. The molecule has 3 nitrogen and oxygen atoms in total. The molecule has 1 atom stereocenters. The molecule has 0 saturated heterocycles. The van der Waals surface area contributed by atoms with Crippen molar-refractivity contribution in [3.63, 3.8) is 0 Å². The lowest BCUT2D eigenvalue weighted by atomic mass is 10.1. The number of hydrogen-bond donors (Lipinski definition) is 1. The Hall–Kier alpha value is -0.840. The Morgan fingerprint density at radius 3 is 2.88 bits per heavy atom. The van der Waals surface area contributed by atoms with Gasteiger partial charge in [-0.25, -0.2) is 0 Å². The van der Waals surface area contributed by atoms with Crippen molar-refractivity contribution in [2.24, 2.45) is 7.05 Å². The highest BCUT2D eigenvalue weighted by atomic mass is 35.5. The zero-order valence-electron chi connectivity index (χ0n) is 9.98. The van der Waals surface area contributed by atoms with Crippen molar-refractivity contribution >= 4 is 22.9 Å². The van der Waals surface area contributed by atoms with Crippen LogP contribution < -0.4 is 5.32 Å². The van der Waals surface area contributed by atoms with Gasteiger partial charge in [-0.3, -0.25) is 4.68 Å². The maximum atomic E-state index is 5.99. The highest BCUT2D eigenvalue weighted by molar-refractivity contribution is 7.16. The van der Waals surface area contributed by atoms with E-state index < -0.39 is 0 Å². The molecule has 2 aromatic rings. The molecule has 0 aromatic carbocycles. The summed E-state index contributed by atoms with van der Waals surface area (Å²) >= 11 is 7.62. The molecule has 0 aliphatic carbocycles. The summed E-state index contributed by atoms with van der Waals surface area (Å²) < 4.78 is 2.67. The van der Waals surface area contributed by atoms with Crippen LogP contribution in [0.1, 0.15) is 23.4 Å². The number of likely N-dealkylation sites (N-methyl/N-ethyl adjacent to an activating group) is 1. The van der Waals surface area contributed by atoms with Gasteiger partial charge in [0, 0.05) is 24.2 Å². The summed E-state index contributed by atoms with van der Waals surface area (Å²) in [5.41, 5.74) is 1.24. The third-order valence-electron chi connectivity index (χ3n) is 2.59. The van der Waals surface area contributed by atoms with Gasteiger partial charge in [-0.05, 0) is 30.7 Å². The molecule has 1 unspecified atom stereocenters. The summed E-state index contributed by atoms with van der Waals surface area (Å²) in [5, 5.41) is 7.68. The molecule has 1 N–H and O–H groups in total. The number of halogens is 1. The maximum Gasteiger partial charge on any atom is 0.0931 e. The van der Waals surface area contributed by atoms with Crippen LogP contribution in [0.4, 0.5) is 0 Å². The van der Waals surface area contributed by atoms with E-state index in [0.717, 1.165) is 17.3 Å². The third kappa shape index (κ3) is 3.31. The lowest BCUT2D eigenvalue weighted by molar-refractivity contribution is 0.558. The van der Waals surface area contributed by atoms with Crippen molar-refractivity contribution in [3.8, 4) is 0 Å². The molecule has 5 heteroatoms. The summed E-state index contributed by atoms with van der Waals surface area (Å²) in [7, 11) is 1.94. The molecule has 0 aliphatic rings. The highest BCUT2D eigenvalue weighted by Crippen LogP contribution is 2.28. The van der Waals surface area contributed by atoms with E-state index in [4.69, 9.17) is 11.6 Å². The van der Waals surface area contributed by atoms with E-state index in [9.17, 15) is 0 Å². The van der Waals surface area contributed by atoms with Crippen LogP contribution in [0.25, 0.3) is 0 Å². The number of rotatable bonds is 5. The molecule has 0 amide bonds. The van der Waals surface area contributed by atoms with E-state index in [1.807, 2.05) is 24.0 Å². The zero-order chi connectivity index (χ0) is 12.3. The summed E-state index contributed by atoms with van der Waals surface area (Å²) in [5.74, 6) is 0. The van der Waals surface area contributed by atoms with Crippen molar-refractivity contribution in [1.29, 1.82) is 0 Å². The van der Waals surface area contributed by atoms with Crippen LogP contribution in [0.15, 0.2) is 24.5 Å². The first-order valence-corrected chi connectivity index (χ1v) is 6.84. The van der Waals surface area contributed by atoms with Gasteiger partial charge in [0.25, 0.3) is 0 Å². The number of nitrogens with zero attached hydrogens (tertiary/aromatic N) is 2. The molecule has 0 radical (unpaired) electrons. The molecular formula is C12H16ClN3S. The first kappa shape index (κ1) is 12.6. The Morgan fingerprint density at radius 2 is 2.35 bits per heavy atom. The second kappa shape index (κ2) is 5.67. The number of aryl methyl sites for hydroxylation is 1. The summed E-state index contributed by atoms with van der Waals surface area (Å²) in [6.07, 6.45) is 4.91. The Labute approximate surface area is 110 Å². The molecular weight excluding hydrogens is 254 g/mol. The third-order valence-corrected chi connectivity index (χ3v) is 3.93. The van der Waals surface area contributed by atoms with E-state index in [1.54, 1.807) is 11.3 Å². The van der Waals surface area contributed by atoms with E-state index >= 15 is 0 Å². The van der Waals surface area contributed by atoms with Crippen LogP contribution in [0, 0.1) is 0 Å². The number of thiophene rings is 1. The van der Waals surface area contributed by atoms with Gasteiger partial charge in [0.15, 0.2) is 0 Å². The van der Waals surface area contributed by atoms with Crippen LogP contribution in [0.5, 0.6) is 0 Å². The predicted octanol–water partition coefficient (Wildman–Crippen LogP) is 3.03. The largest absolute Gasteiger partial charge is 0.309 e. The average Bonchev–Trinajstić information content (AvgIpc) is 2.87. The van der Waals surface area contributed by atoms with Gasteiger partial charge in [-0.2, -0.15) is 5.10 Å². The Balaban J connectivity index is 2.12. The fourth-order valence-corrected chi connectivity index (χ4v) is 2.98. The van der Waals surface area contributed by atoms with E-state index in [0.29, 0.717) is 6.04 Å². The number of aromatic nitrogens is 2. The molecule has 0 fully saturated rings. The standard InChI is InChI=1S/C12H16ClN3S/c1-3-14-10(11-4-5-12(13)17-11)6-9-7-15-16(2)8-9/h4-5,7-8,10,14H,3,6H2,1-2H3. The van der Waals surface area contributed by atoms with Crippen molar-refractivity contribution in [2.45, 2.75) is 19.4 Å². The predicted molar refractivity (Wildman–Crippen MR) is 72.7 cm³/mol. The fourth-order valence-electron chi connectivity index (χ4n) is 1.85. The Kier molecular flexibility index (Phi) is 4.20. The monoisotopic (exact) mass is 269 g/mol. The molecule has 0 bridgehead atoms. The molecule has 0 spiro atoms. The topological polar surface area (TPSA) is 29.9 Å². The molecule has 2 aromatic heterocycles. The number of nitrogens with one attached hydrogen (secondary N) is 1. The quantitative estimate of drug-likeness (QED) is 0.904. The Morgan fingerprint density at radius 1 is 1.53 bits per heavy atom. The first-order chi connectivity index (χ1) is 8.19. The molecule has 2 heterocycles. The minimum atomic E-state index is 0.321. The summed E-state index contributed by atoms with van der Waals surface area (Å²) in [6, 6.07) is 4.37. The van der Waals surface area contributed by atoms with Crippen LogP contribution in [-0.2, 0) is 13.5 Å². The SMILES string of the molecule is CCNC(Cc1cnn(C)c1)c1ccc(Cl)s1. The van der Waals surface area contributed by atoms with E-state index in [-0.39, 0.29) is 0 Å². The van der Waals surface area contributed by atoms with Gasteiger partial charge in [0.05, 0.1) is 10.5 Å². The summed E-state index contributed by atoms with van der Waals surface area (Å²) in [6.45, 7) is 3.06. The molecule has 0 saturated carbocycles. The normalized spacial score (nSPS) is 12.9. The fraction of sp³-hybridized carbons (Fsp3) is 0.417. The lowest BCUT2D eigenvalue weighted by Gasteiger charge is -2.15. The van der Waals surface area contributed by atoms with Gasteiger partial charge < -0.3 is 5.32 Å². The van der Waals surface area contributed by atoms with E-state index in [2.05, 4.69) is 29.6 Å². The molecule has 2 rings (SSSR count). The highest BCUT2D eigenvalue weighted by Gasteiger charge is 2.14. The number of hydrogen-bond acceptors (Lipinski definition) is 3. The van der Waals surface area contributed by atoms with Crippen LogP contribution >= 0.6 is 22.9 Å². The van der Waals surface area contributed by atoms with Crippen LogP contribution in [0.3, 0.4) is 0 Å². The van der Waals surface area contributed by atoms with Crippen LogP contribution in [-0.4, -0.2) is 16.3 Å². The first-order valence-electron chi connectivity index (χ1n) is 5.65. The van der Waals surface area contributed by atoms with E-state index in [1.165, 1.54) is 10.4 Å². The van der Waals surface area contributed by atoms with Gasteiger partial charge in [0.1, 0.15) is 0 Å².